The van der Waals surface area contributed by atoms with Crippen LogP contribution < -0.4 is 16.0 Å². The molecule has 0 spiro atoms. The summed E-state index contributed by atoms with van der Waals surface area (Å²) in [6.07, 6.45) is 9.86. The highest BCUT2D eigenvalue weighted by Crippen LogP contribution is 2.47. The molecule has 0 bridgehead atoms. The van der Waals surface area contributed by atoms with Crippen molar-refractivity contribution in [3.8, 4) is 5.69 Å². The molecule has 3 aromatic rings. The molecule has 0 unspecified atom stereocenters. The lowest BCUT2D eigenvalue weighted by atomic mass is 9.81. The number of imidazole rings is 1. The standard InChI is InChI=1S/C30H36N6O3/c1-39-18-27-23-14-16-36(28(23)22-6-2-4-8-25(22)33-27)29(37)24-7-3-5-9-26(24)34-30(38)32-20-10-12-21(13-11-20)35-17-15-31-19-35/h2,4,6,8,10-13,15,17,19,23-24,26-28,33H,3,5,7,9,14,16,18H2,1H3,(H2,32,34,38)/t23-,24-,26+,27-,28-/m0/s1. The van der Waals surface area contributed by atoms with Crippen molar-refractivity contribution in [3.05, 3.63) is 72.8 Å². The number of ether oxygens (including phenoxy) is 1. The number of amides is 3. The Hall–Kier alpha value is -3.85. The second-order valence-electron chi connectivity index (χ2n) is 10.8. The number of para-hydroxylation sites is 1. The molecule has 1 aliphatic carbocycles. The summed E-state index contributed by atoms with van der Waals surface area (Å²) in [6.45, 7) is 1.33. The zero-order valence-electron chi connectivity index (χ0n) is 22.3. The lowest BCUT2D eigenvalue weighted by Gasteiger charge is -2.41. The molecule has 1 saturated carbocycles. The number of hydrogen-bond donors (Lipinski definition) is 3. The van der Waals surface area contributed by atoms with Crippen LogP contribution in [0.5, 0.6) is 0 Å². The van der Waals surface area contributed by atoms with Crippen molar-refractivity contribution in [1.29, 1.82) is 0 Å². The molecule has 9 heteroatoms. The van der Waals surface area contributed by atoms with E-state index in [1.165, 1.54) is 5.56 Å². The highest BCUT2D eigenvalue weighted by molar-refractivity contribution is 5.90. The average molecular weight is 529 g/mol. The van der Waals surface area contributed by atoms with Crippen LogP contribution in [0.4, 0.5) is 16.2 Å². The SMILES string of the molecule is COC[C@@H]1Nc2ccccc2[C@H]2[C@H]1CCN2C(=O)[C@H]1CCCC[C@H]1NC(=O)Nc1ccc(-n2ccnc2)cc1. The van der Waals surface area contributed by atoms with Gasteiger partial charge in [-0.1, -0.05) is 31.0 Å². The molecule has 39 heavy (non-hydrogen) atoms. The fourth-order valence-corrected chi connectivity index (χ4v) is 6.70. The maximum Gasteiger partial charge on any atom is 0.319 e. The number of fused-ring (bicyclic) bond motifs is 3. The normalized spacial score (nSPS) is 25.8. The van der Waals surface area contributed by atoms with Crippen LogP contribution >= 0.6 is 0 Å². The predicted octanol–water partition coefficient (Wildman–Crippen LogP) is 4.58. The van der Waals surface area contributed by atoms with Crippen LogP contribution in [0.2, 0.25) is 0 Å². The van der Waals surface area contributed by atoms with E-state index in [1.54, 1.807) is 19.6 Å². The van der Waals surface area contributed by atoms with Gasteiger partial charge in [0.1, 0.15) is 0 Å². The van der Waals surface area contributed by atoms with E-state index in [1.807, 2.05) is 47.2 Å². The highest BCUT2D eigenvalue weighted by atomic mass is 16.5. The minimum absolute atomic E-state index is 0.0283. The molecule has 3 amide bonds. The van der Waals surface area contributed by atoms with Crippen LogP contribution in [0.3, 0.4) is 0 Å². The summed E-state index contributed by atoms with van der Waals surface area (Å²) in [5.74, 6) is 0.229. The van der Waals surface area contributed by atoms with Gasteiger partial charge in [-0.05, 0) is 55.2 Å². The summed E-state index contributed by atoms with van der Waals surface area (Å²) in [4.78, 5) is 33.3. The number of nitrogens with zero attached hydrogens (tertiary/aromatic N) is 3. The van der Waals surface area contributed by atoms with Crippen molar-refractivity contribution in [2.24, 2.45) is 11.8 Å². The summed E-state index contributed by atoms with van der Waals surface area (Å²) in [5.41, 5.74) is 3.93. The van der Waals surface area contributed by atoms with Crippen molar-refractivity contribution < 1.29 is 14.3 Å². The molecule has 2 aromatic carbocycles. The van der Waals surface area contributed by atoms with E-state index < -0.39 is 0 Å². The van der Waals surface area contributed by atoms with Crippen LogP contribution in [-0.2, 0) is 9.53 Å². The molecule has 1 aromatic heterocycles. The Kier molecular flexibility index (Phi) is 7.24. The van der Waals surface area contributed by atoms with Crippen molar-refractivity contribution in [1.82, 2.24) is 19.8 Å². The molecule has 204 valence electrons. The van der Waals surface area contributed by atoms with Gasteiger partial charge >= 0.3 is 6.03 Å². The van der Waals surface area contributed by atoms with Crippen LogP contribution in [0.15, 0.2) is 67.3 Å². The minimum Gasteiger partial charge on any atom is -0.383 e. The Morgan fingerprint density at radius 3 is 2.69 bits per heavy atom. The van der Waals surface area contributed by atoms with E-state index in [2.05, 4.69) is 38.0 Å². The first-order valence-corrected chi connectivity index (χ1v) is 13.9. The van der Waals surface area contributed by atoms with E-state index >= 15 is 0 Å². The number of nitrogens with one attached hydrogen (secondary N) is 3. The van der Waals surface area contributed by atoms with E-state index in [-0.39, 0.29) is 36.0 Å². The number of benzene rings is 2. The van der Waals surface area contributed by atoms with Gasteiger partial charge in [0.05, 0.1) is 30.9 Å². The molecule has 9 nitrogen and oxygen atoms in total. The summed E-state index contributed by atoms with van der Waals surface area (Å²) in [7, 11) is 1.73. The Morgan fingerprint density at radius 1 is 1.08 bits per heavy atom. The number of hydrogen-bond acceptors (Lipinski definition) is 5. The summed E-state index contributed by atoms with van der Waals surface area (Å²) in [6, 6.07) is 15.6. The van der Waals surface area contributed by atoms with Gasteiger partial charge in [-0.2, -0.15) is 0 Å². The second-order valence-corrected chi connectivity index (χ2v) is 10.8. The number of methoxy groups -OCH3 is 1. The van der Waals surface area contributed by atoms with E-state index in [0.29, 0.717) is 18.2 Å². The molecule has 6 rings (SSSR count). The van der Waals surface area contributed by atoms with Gasteiger partial charge in [-0.15, -0.1) is 0 Å². The van der Waals surface area contributed by atoms with Crippen LogP contribution in [-0.4, -0.2) is 58.7 Å². The number of rotatable bonds is 6. The quantitative estimate of drug-likeness (QED) is 0.435. The number of carbonyl (C=O) groups excluding carboxylic acids is 2. The van der Waals surface area contributed by atoms with Gasteiger partial charge in [0.25, 0.3) is 0 Å². The third-order valence-corrected chi connectivity index (χ3v) is 8.54. The van der Waals surface area contributed by atoms with Crippen LogP contribution in [0, 0.1) is 11.8 Å². The topological polar surface area (TPSA) is 101 Å². The monoisotopic (exact) mass is 528 g/mol. The van der Waals surface area contributed by atoms with E-state index in [9.17, 15) is 9.59 Å². The molecular weight excluding hydrogens is 492 g/mol. The van der Waals surface area contributed by atoms with Crippen molar-refractivity contribution >= 4 is 23.3 Å². The zero-order valence-corrected chi connectivity index (χ0v) is 22.3. The van der Waals surface area contributed by atoms with Gasteiger partial charge in [0, 0.05) is 55.1 Å². The van der Waals surface area contributed by atoms with Gasteiger partial charge < -0.3 is 30.2 Å². The maximum atomic E-state index is 14.1. The van der Waals surface area contributed by atoms with E-state index in [4.69, 9.17) is 4.74 Å². The number of likely N-dealkylation sites (tertiary alicyclic amines) is 1. The summed E-state index contributed by atoms with van der Waals surface area (Å²) >= 11 is 0. The minimum atomic E-state index is -0.276. The largest absolute Gasteiger partial charge is 0.383 e. The van der Waals surface area contributed by atoms with Crippen LogP contribution in [0.25, 0.3) is 5.69 Å². The Balaban J connectivity index is 1.15. The third-order valence-electron chi connectivity index (χ3n) is 8.54. The Labute approximate surface area is 228 Å². The molecule has 3 aliphatic rings. The fraction of sp³-hybridized carbons (Fsp3) is 0.433. The second kappa shape index (κ2) is 11.1. The van der Waals surface area contributed by atoms with Crippen LogP contribution in [0.1, 0.15) is 43.7 Å². The third kappa shape index (κ3) is 5.11. The van der Waals surface area contributed by atoms with Crippen molar-refractivity contribution in [2.75, 3.05) is 30.9 Å². The molecule has 5 atom stereocenters. The summed E-state index contributed by atoms with van der Waals surface area (Å²) in [5, 5.41) is 9.73. The summed E-state index contributed by atoms with van der Waals surface area (Å²) < 4.78 is 7.43. The molecule has 2 aliphatic heterocycles. The molecule has 3 heterocycles. The molecule has 2 fully saturated rings. The molecule has 0 radical (unpaired) electrons. The van der Waals surface area contributed by atoms with Crippen molar-refractivity contribution in [2.45, 2.75) is 50.2 Å². The van der Waals surface area contributed by atoms with E-state index in [0.717, 1.165) is 50.0 Å². The number of aromatic nitrogens is 2. The number of anilines is 2. The molecule has 3 N–H and O–H groups in total. The lowest BCUT2D eigenvalue weighted by Crippen LogP contribution is -2.51. The zero-order chi connectivity index (χ0) is 26.8. The maximum absolute atomic E-state index is 14.1. The van der Waals surface area contributed by atoms with Gasteiger partial charge in [-0.3, -0.25) is 4.79 Å². The van der Waals surface area contributed by atoms with Gasteiger partial charge in [0.15, 0.2) is 0 Å². The smallest absolute Gasteiger partial charge is 0.319 e. The predicted molar refractivity (Wildman–Crippen MR) is 150 cm³/mol. The first-order chi connectivity index (χ1) is 19.1. The highest BCUT2D eigenvalue weighted by Gasteiger charge is 2.48. The Bertz CT molecular complexity index is 1290. The molecular formula is C30H36N6O3. The average Bonchev–Trinajstić information content (AvgIpc) is 3.65. The van der Waals surface area contributed by atoms with Gasteiger partial charge in [0.2, 0.25) is 5.91 Å². The first kappa shape index (κ1) is 25.4. The Morgan fingerprint density at radius 2 is 1.90 bits per heavy atom. The fourth-order valence-electron chi connectivity index (χ4n) is 6.70. The number of urea groups is 1. The van der Waals surface area contributed by atoms with Crippen molar-refractivity contribution in [3.63, 3.8) is 0 Å². The number of carbonyl (C=O) groups is 2. The molecule has 1 saturated heterocycles. The first-order valence-electron chi connectivity index (χ1n) is 13.9. The lowest BCUT2D eigenvalue weighted by molar-refractivity contribution is -0.138. The van der Waals surface area contributed by atoms with Gasteiger partial charge in [-0.25, -0.2) is 9.78 Å².